The molecule has 2 aliphatic heterocycles. The van der Waals surface area contributed by atoms with E-state index in [1.807, 2.05) is 48.5 Å². The first-order chi connectivity index (χ1) is 22.8. The molecule has 4 heterocycles. The largest absolute Gasteiger partial charge is 0.457 e. The molecule has 0 radical (unpaired) electrons. The number of fused-ring (bicyclic) bond motifs is 3. The highest BCUT2D eigenvalue weighted by Gasteiger charge is 2.42. The van der Waals surface area contributed by atoms with Crippen LogP contribution in [0.4, 0.5) is 5.69 Å². The number of nitrogens with zero attached hydrogens (tertiary/aromatic N) is 2. The summed E-state index contributed by atoms with van der Waals surface area (Å²) in [6, 6.07) is 23.1. The molecule has 0 amide bonds. The van der Waals surface area contributed by atoms with Crippen LogP contribution in [-0.4, -0.2) is 31.0 Å². The van der Waals surface area contributed by atoms with Crippen molar-refractivity contribution in [2.75, 3.05) is 18.0 Å². The average molecular weight is 679 g/mol. The molecule has 2 aliphatic rings. The Bertz CT molecular complexity index is 2440. The van der Waals surface area contributed by atoms with Crippen LogP contribution in [0.1, 0.15) is 51.7 Å². The van der Waals surface area contributed by atoms with Crippen molar-refractivity contribution in [3.63, 3.8) is 0 Å². The third kappa shape index (κ3) is 5.10. The van der Waals surface area contributed by atoms with E-state index < -0.39 is 15.7 Å². The van der Waals surface area contributed by atoms with E-state index in [1.54, 1.807) is 6.07 Å². The second-order valence-corrected chi connectivity index (χ2v) is 16.5. The molecule has 0 atom stereocenters. The summed E-state index contributed by atoms with van der Waals surface area (Å²) in [4.78, 5) is 20.8. The molecule has 8 rings (SSSR count). The Hall–Kier alpha value is -4.51. The van der Waals surface area contributed by atoms with Crippen LogP contribution in [-0.2, 0) is 20.9 Å². The predicted octanol–water partition coefficient (Wildman–Crippen LogP) is 8.94. The third-order valence-corrected chi connectivity index (χ3v) is 11.8. The lowest BCUT2D eigenvalue weighted by molar-refractivity contribution is 0.398. The molecule has 4 aromatic carbocycles. The molecule has 10 heteroatoms. The van der Waals surface area contributed by atoms with Crippen LogP contribution < -0.4 is 15.3 Å². The first-order valence-electron chi connectivity index (χ1n) is 16.0. The molecule has 48 heavy (non-hydrogen) atoms. The van der Waals surface area contributed by atoms with Crippen molar-refractivity contribution in [3.05, 3.63) is 100 Å². The number of hydrogen-bond acceptors (Lipinski definition) is 8. The molecule has 0 saturated carbocycles. The zero-order valence-corrected chi connectivity index (χ0v) is 28.7. The Morgan fingerprint density at radius 1 is 0.896 bits per heavy atom. The highest BCUT2D eigenvalue weighted by molar-refractivity contribution is 7.85. The summed E-state index contributed by atoms with van der Waals surface area (Å²) in [6.45, 7) is 11.1. The lowest BCUT2D eigenvalue weighted by Gasteiger charge is -2.48. The normalized spacial score (nSPS) is 16.6. The number of aromatic nitrogens is 1. The van der Waals surface area contributed by atoms with Gasteiger partial charge in [0.15, 0.2) is 0 Å². The van der Waals surface area contributed by atoms with E-state index in [9.17, 15) is 17.8 Å². The van der Waals surface area contributed by atoms with Crippen molar-refractivity contribution < 1.29 is 22.1 Å². The van der Waals surface area contributed by atoms with Crippen LogP contribution in [0.2, 0.25) is 0 Å². The summed E-state index contributed by atoms with van der Waals surface area (Å²) in [7, 11) is -4.41. The summed E-state index contributed by atoms with van der Waals surface area (Å²) in [5, 5.41) is 1.47. The van der Waals surface area contributed by atoms with Crippen molar-refractivity contribution in [3.8, 4) is 33.2 Å². The van der Waals surface area contributed by atoms with E-state index in [0.29, 0.717) is 38.7 Å². The lowest BCUT2D eigenvalue weighted by atomic mass is 9.69. The highest BCUT2D eigenvalue weighted by Crippen LogP contribution is 2.52. The Morgan fingerprint density at radius 2 is 1.65 bits per heavy atom. The minimum Gasteiger partial charge on any atom is -0.457 e. The fourth-order valence-electron chi connectivity index (χ4n) is 7.12. The Kier molecular flexibility index (Phi) is 6.90. The molecule has 0 unspecified atom stereocenters. The quantitative estimate of drug-likeness (QED) is 0.142. The van der Waals surface area contributed by atoms with E-state index in [0.717, 1.165) is 47.1 Å². The summed E-state index contributed by atoms with van der Waals surface area (Å²) in [6.07, 6.45) is 2.05. The summed E-state index contributed by atoms with van der Waals surface area (Å²) >= 11 is 1.41. The Balaban J connectivity index is 1.20. The number of hydrogen-bond donors (Lipinski definition) is 1. The molecule has 6 aromatic rings. The number of rotatable bonds is 5. The second-order valence-electron chi connectivity index (χ2n) is 14.0. The summed E-state index contributed by atoms with van der Waals surface area (Å²) in [5.74, 6) is 0.900. The average Bonchev–Trinajstić information content (AvgIpc) is 3.46. The minimum atomic E-state index is -4.41. The number of thiazole rings is 1. The molecule has 0 bridgehead atoms. The van der Waals surface area contributed by atoms with Crippen LogP contribution in [0.15, 0.2) is 93.0 Å². The van der Waals surface area contributed by atoms with Crippen LogP contribution in [0.5, 0.6) is 11.5 Å². The number of anilines is 1. The molecule has 8 nitrogen and oxygen atoms in total. The standard InChI is InChI=1S/C38H34N2O6S2/c1-37(2)14-16-40-17-15-38(3,4)32-33(40)28(37)19-23-18-27(36(41)46-34(23)32)35-39-29-20-24(10-13-31(29)47-35)45-30-12-11-25(48(42,43)44)21-26(30)22-8-6-5-7-9-22/h5-13,18-21H,14-17H2,1-4H3,(H,42,43,44). The predicted molar refractivity (Wildman–Crippen MR) is 190 cm³/mol. The van der Waals surface area contributed by atoms with Gasteiger partial charge in [0, 0.05) is 41.4 Å². The van der Waals surface area contributed by atoms with Crippen LogP contribution in [0.3, 0.4) is 0 Å². The van der Waals surface area contributed by atoms with Crippen LogP contribution in [0, 0.1) is 0 Å². The first kappa shape index (κ1) is 30.8. The fourth-order valence-corrected chi connectivity index (χ4v) is 8.57. The van der Waals surface area contributed by atoms with Gasteiger partial charge >= 0.3 is 5.63 Å². The van der Waals surface area contributed by atoms with Gasteiger partial charge in [-0.15, -0.1) is 11.3 Å². The van der Waals surface area contributed by atoms with Gasteiger partial charge in [0.25, 0.3) is 10.1 Å². The summed E-state index contributed by atoms with van der Waals surface area (Å²) in [5.41, 5.74) is 6.10. The monoisotopic (exact) mass is 678 g/mol. The van der Waals surface area contributed by atoms with Gasteiger partial charge < -0.3 is 14.1 Å². The zero-order valence-electron chi connectivity index (χ0n) is 27.0. The molecule has 244 valence electrons. The molecule has 0 fully saturated rings. The van der Waals surface area contributed by atoms with E-state index in [4.69, 9.17) is 14.1 Å². The van der Waals surface area contributed by atoms with Crippen molar-refractivity contribution in [2.24, 2.45) is 0 Å². The van der Waals surface area contributed by atoms with Gasteiger partial charge in [-0.2, -0.15) is 8.42 Å². The topological polar surface area (TPSA) is 110 Å². The van der Waals surface area contributed by atoms with Gasteiger partial charge in [-0.1, -0.05) is 58.0 Å². The van der Waals surface area contributed by atoms with Gasteiger partial charge in [0.2, 0.25) is 0 Å². The van der Waals surface area contributed by atoms with Crippen LogP contribution in [0.25, 0.3) is 42.9 Å². The van der Waals surface area contributed by atoms with E-state index >= 15 is 0 Å². The SMILES string of the molecule is CC1(C)CCN2CCC(C)(C)c3c2c1cc1cc(-c2nc4cc(Oc5ccc(S(=O)(=O)O)cc5-c5ccccc5)ccc4s2)c(=O)oc31. The van der Waals surface area contributed by atoms with Gasteiger partial charge in [0.1, 0.15) is 22.1 Å². The molecule has 0 saturated heterocycles. The molecule has 2 aromatic heterocycles. The third-order valence-electron chi connectivity index (χ3n) is 9.88. The van der Waals surface area contributed by atoms with Gasteiger partial charge in [-0.25, -0.2) is 9.78 Å². The second kappa shape index (κ2) is 10.7. The summed E-state index contributed by atoms with van der Waals surface area (Å²) < 4.78 is 46.8. The molecule has 1 N–H and O–H groups in total. The maximum atomic E-state index is 13.7. The van der Waals surface area contributed by atoms with Crippen molar-refractivity contribution in [2.45, 2.75) is 56.3 Å². The maximum Gasteiger partial charge on any atom is 0.346 e. The van der Waals surface area contributed by atoms with E-state index in [2.05, 4.69) is 38.7 Å². The van der Waals surface area contributed by atoms with Gasteiger partial charge in [0.05, 0.1) is 20.7 Å². The highest BCUT2D eigenvalue weighted by atomic mass is 32.2. The van der Waals surface area contributed by atoms with E-state index in [-0.39, 0.29) is 15.7 Å². The van der Waals surface area contributed by atoms with Crippen molar-refractivity contribution >= 4 is 48.3 Å². The lowest BCUT2D eigenvalue weighted by Crippen LogP contribution is -2.44. The molecule has 0 aliphatic carbocycles. The molecular formula is C38H34N2O6S2. The number of ether oxygens (including phenoxy) is 1. The Labute approximate surface area is 282 Å². The number of benzene rings is 4. The zero-order chi connectivity index (χ0) is 33.6. The van der Waals surface area contributed by atoms with Gasteiger partial charge in [-0.05, 0) is 77.3 Å². The van der Waals surface area contributed by atoms with Gasteiger partial charge in [-0.3, -0.25) is 4.55 Å². The molecule has 0 spiro atoms. The molecular weight excluding hydrogens is 645 g/mol. The van der Waals surface area contributed by atoms with Crippen molar-refractivity contribution in [1.29, 1.82) is 0 Å². The fraction of sp³-hybridized carbons (Fsp3) is 0.263. The van der Waals surface area contributed by atoms with E-state index in [1.165, 1.54) is 40.8 Å². The first-order valence-corrected chi connectivity index (χ1v) is 18.2. The maximum absolute atomic E-state index is 13.7. The Morgan fingerprint density at radius 3 is 2.40 bits per heavy atom. The van der Waals surface area contributed by atoms with Crippen LogP contribution >= 0.6 is 11.3 Å². The minimum absolute atomic E-state index is 0.00218. The van der Waals surface area contributed by atoms with Crippen molar-refractivity contribution in [1.82, 2.24) is 4.98 Å². The smallest absolute Gasteiger partial charge is 0.346 e.